The Morgan fingerprint density at radius 2 is 1.78 bits per heavy atom. The van der Waals surface area contributed by atoms with Gasteiger partial charge in [-0.15, -0.1) is 0 Å². The van der Waals surface area contributed by atoms with E-state index in [9.17, 15) is 4.79 Å². The van der Waals surface area contributed by atoms with Gasteiger partial charge in [0, 0.05) is 18.7 Å². The van der Waals surface area contributed by atoms with Crippen molar-refractivity contribution in [2.75, 3.05) is 12.4 Å². The average Bonchev–Trinajstić information content (AvgIpc) is 2.55. The van der Waals surface area contributed by atoms with Crippen molar-refractivity contribution in [2.45, 2.75) is 26.7 Å². The molecule has 0 unspecified atom stereocenters. The predicted molar refractivity (Wildman–Crippen MR) is 95.7 cm³/mol. The lowest BCUT2D eigenvalue weighted by Gasteiger charge is -2.16. The molecule has 0 atom stereocenters. The molecule has 118 valence electrons. The molecule has 1 N–H and O–H groups in total. The molecule has 2 aromatic carbocycles. The Balaban J connectivity index is 2.35. The van der Waals surface area contributed by atoms with E-state index in [1.807, 2.05) is 56.4 Å². The second-order valence-corrected chi connectivity index (χ2v) is 6.08. The van der Waals surface area contributed by atoms with Crippen LogP contribution < -0.4 is 10.9 Å². The number of aryl methyl sites for hydroxylation is 1. The first-order valence-electron chi connectivity index (χ1n) is 7.82. The van der Waals surface area contributed by atoms with E-state index in [1.165, 1.54) is 5.56 Å². The van der Waals surface area contributed by atoms with Crippen LogP contribution in [0.3, 0.4) is 0 Å². The number of hydrogen-bond acceptors (Lipinski definition) is 3. The maximum absolute atomic E-state index is 13.0. The highest BCUT2D eigenvalue weighted by Crippen LogP contribution is 2.21. The van der Waals surface area contributed by atoms with Gasteiger partial charge in [0.1, 0.15) is 5.82 Å². The molecule has 0 aliphatic carbocycles. The first-order chi connectivity index (χ1) is 11.0. The van der Waals surface area contributed by atoms with Crippen LogP contribution in [0.25, 0.3) is 16.6 Å². The van der Waals surface area contributed by atoms with Gasteiger partial charge in [-0.1, -0.05) is 31.5 Å². The van der Waals surface area contributed by atoms with Gasteiger partial charge < -0.3 is 5.32 Å². The Labute approximate surface area is 135 Å². The van der Waals surface area contributed by atoms with Crippen molar-refractivity contribution in [3.63, 3.8) is 0 Å². The molecular formula is C19H21N3O. The summed E-state index contributed by atoms with van der Waals surface area (Å²) in [5.74, 6) is 0.922. The summed E-state index contributed by atoms with van der Waals surface area (Å²) >= 11 is 0. The molecule has 1 aromatic heterocycles. The molecule has 23 heavy (non-hydrogen) atoms. The number of aromatic nitrogens is 2. The quantitative estimate of drug-likeness (QED) is 0.799. The standard InChI is InChI=1S/C19H21N3O/c1-12(2)18-21-17-11-14(20-4)7-10-16(17)19(23)22(18)15-8-5-13(3)6-9-15/h5-12,20H,1-4H3. The third kappa shape index (κ3) is 2.72. The number of anilines is 1. The van der Waals surface area contributed by atoms with Crippen LogP contribution in [0.1, 0.15) is 31.2 Å². The molecule has 0 saturated heterocycles. The predicted octanol–water partition coefficient (Wildman–Crippen LogP) is 3.86. The summed E-state index contributed by atoms with van der Waals surface area (Å²) in [7, 11) is 1.86. The lowest BCUT2D eigenvalue weighted by atomic mass is 10.1. The Kier molecular flexibility index (Phi) is 3.90. The monoisotopic (exact) mass is 307 g/mol. The Morgan fingerprint density at radius 3 is 2.39 bits per heavy atom. The minimum absolute atomic E-state index is 0.0230. The molecule has 0 fully saturated rings. The zero-order valence-corrected chi connectivity index (χ0v) is 13.9. The summed E-state index contributed by atoms with van der Waals surface area (Å²) in [6, 6.07) is 13.6. The van der Waals surface area contributed by atoms with Crippen LogP contribution >= 0.6 is 0 Å². The van der Waals surface area contributed by atoms with Crippen molar-refractivity contribution in [1.82, 2.24) is 9.55 Å². The average molecular weight is 307 g/mol. The minimum atomic E-state index is -0.0230. The van der Waals surface area contributed by atoms with Gasteiger partial charge in [0.2, 0.25) is 0 Å². The number of nitrogens with zero attached hydrogens (tertiary/aromatic N) is 2. The maximum atomic E-state index is 13.0. The second kappa shape index (κ2) is 5.88. The summed E-state index contributed by atoms with van der Waals surface area (Å²) in [6.07, 6.45) is 0. The van der Waals surface area contributed by atoms with E-state index in [4.69, 9.17) is 4.98 Å². The topological polar surface area (TPSA) is 46.9 Å². The number of nitrogens with one attached hydrogen (secondary N) is 1. The van der Waals surface area contributed by atoms with E-state index in [2.05, 4.69) is 19.2 Å². The van der Waals surface area contributed by atoms with Crippen molar-refractivity contribution in [2.24, 2.45) is 0 Å². The van der Waals surface area contributed by atoms with E-state index in [0.29, 0.717) is 5.39 Å². The molecule has 0 aliphatic heterocycles. The van der Waals surface area contributed by atoms with Crippen LogP contribution in [-0.4, -0.2) is 16.6 Å². The molecule has 1 heterocycles. The molecule has 0 amide bonds. The highest BCUT2D eigenvalue weighted by Gasteiger charge is 2.15. The van der Waals surface area contributed by atoms with Crippen LogP contribution in [0.2, 0.25) is 0 Å². The van der Waals surface area contributed by atoms with E-state index < -0.39 is 0 Å². The lowest BCUT2D eigenvalue weighted by molar-refractivity contribution is 0.723. The number of hydrogen-bond donors (Lipinski definition) is 1. The molecule has 0 bridgehead atoms. The van der Waals surface area contributed by atoms with Crippen LogP contribution in [0.4, 0.5) is 5.69 Å². The largest absolute Gasteiger partial charge is 0.388 e. The molecule has 0 spiro atoms. The van der Waals surface area contributed by atoms with Crippen LogP contribution in [-0.2, 0) is 0 Å². The highest BCUT2D eigenvalue weighted by atomic mass is 16.1. The third-order valence-electron chi connectivity index (χ3n) is 3.99. The molecule has 3 rings (SSSR count). The first-order valence-corrected chi connectivity index (χ1v) is 7.82. The van der Waals surface area contributed by atoms with Crippen molar-refractivity contribution in [3.8, 4) is 5.69 Å². The number of benzene rings is 2. The number of rotatable bonds is 3. The lowest BCUT2D eigenvalue weighted by Crippen LogP contribution is -2.24. The summed E-state index contributed by atoms with van der Waals surface area (Å²) in [6.45, 7) is 6.15. The summed E-state index contributed by atoms with van der Waals surface area (Å²) in [5.41, 5.74) is 3.68. The number of fused-ring (bicyclic) bond motifs is 1. The van der Waals surface area contributed by atoms with E-state index in [-0.39, 0.29) is 11.5 Å². The van der Waals surface area contributed by atoms with E-state index in [0.717, 1.165) is 22.7 Å². The van der Waals surface area contributed by atoms with Gasteiger partial charge in [-0.2, -0.15) is 0 Å². The van der Waals surface area contributed by atoms with Crippen LogP contribution in [0.5, 0.6) is 0 Å². The highest BCUT2D eigenvalue weighted by molar-refractivity contribution is 5.81. The van der Waals surface area contributed by atoms with Crippen molar-refractivity contribution in [3.05, 3.63) is 64.2 Å². The molecule has 4 heteroatoms. The van der Waals surface area contributed by atoms with Crippen LogP contribution in [0, 0.1) is 6.92 Å². The van der Waals surface area contributed by atoms with Gasteiger partial charge >= 0.3 is 0 Å². The van der Waals surface area contributed by atoms with Gasteiger partial charge in [0.15, 0.2) is 0 Å². The summed E-state index contributed by atoms with van der Waals surface area (Å²) in [4.78, 5) is 17.8. The summed E-state index contributed by atoms with van der Waals surface area (Å²) < 4.78 is 1.73. The minimum Gasteiger partial charge on any atom is -0.388 e. The van der Waals surface area contributed by atoms with E-state index >= 15 is 0 Å². The molecule has 0 saturated carbocycles. The van der Waals surface area contributed by atoms with Gasteiger partial charge in [-0.05, 0) is 37.3 Å². The summed E-state index contributed by atoms with van der Waals surface area (Å²) in [5, 5.41) is 3.72. The van der Waals surface area contributed by atoms with Crippen molar-refractivity contribution < 1.29 is 0 Å². The fourth-order valence-electron chi connectivity index (χ4n) is 2.69. The molecule has 0 radical (unpaired) electrons. The SMILES string of the molecule is CNc1ccc2c(=O)n(-c3ccc(C)cc3)c(C(C)C)nc2c1. The molecular weight excluding hydrogens is 286 g/mol. The van der Waals surface area contributed by atoms with Crippen molar-refractivity contribution >= 4 is 16.6 Å². The molecule has 4 nitrogen and oxygen atoms in total. The first kappa shape index (κ1) is 15.3. The zero-order valence-electron chi connectivity index (χ0n) is 13.9. The normalized spacial score (nSPS) is 11.2. The smallest absolute Gasteiger partial charge is 0.265 e. The third-order valence-corrected chi connectivity index (χ3v) is 3.99. The van der Waals surface area contributed by atoms with E-state index in [1.54, 1.807) is 4.57 Å². The van der Waals surface area contributed by atoms with Crippen LogP contribution in [0.15, 0.2) is 47.3 Å². The van der Waals surface area contributed by atoms with Gasteiger partial charge in [0.25, 0.3) is 5.56 Å². The Morgan fingerprint density at radius 1 is 1.09 bits per heavy atom. The second-order valence-electron chi connectivity index (χ2n) is 6.08. The fraction of sp³-hybridized carbons (Fsp3) is 0.263. The Bertz CT molecular complexity index is 908. The fourth-order valence-corrected chi connectivity index (χ4v) is 2.69. The molecule has 3 aromatic rings. The van der Waals surface area contributed by atoms with Crippen molar-refractivity contribution in [1.29, 1.82) is 0 Å². The Hall–Kier alpha value is -2.62. The maximum Gasteiger partial charge on any atom is 0.265 e. The zero-order chi connectivity index (χ0) is 16.6. The van der Waals surface area contributed by atoms with Gasteiger partial charge in [-0.3, -0.25) is 9.36 Å². The molecule has 0 aliphatic rings. The van der Waals surface area contributed by atoms with Gasteiger partial charge in [-0.25, -0.2) is 4.98 Å². The van der Waals surface area contributed by atoms with Gasteiger partial charge in [0.05, 0.1) is 16.6 Å².